The van der Waals surface area contributed by atoms with Gasteiger partial charge in [0.15, 0.2) is 11.5 Å². The number of methoxy groups -OCH3 is 1. The number of benzene rings is 1. The van der Waals surface area contributed by atoms with E-state index >= 15 is 0 Å². The summed E-state index contributed by atoms with van der Waals surface area (Å²) in [4.78, 5) is 2.05. The lowest BCUT2D eigenvalue weighted by Crippen LogP contribution is -2.09. The van der Waals surface area contributed by atoms with Gasteiger partial charge in [-0.05, 0) is 25.0 Å². The molecule has 1 fully saturated rings. The van der Waals surface area contributed by atoms with Gasteiger partial charge < -0.3 is 14.4 Å². The van der Waals surface area contributed by atoms with Gasteiger partial charge in [-0.2, -0.15) is 0 Å². The van der Waals surface area contributed by atoms with Gasteiger partial charge in [0, 0.05) is 25.8 Å². The van der Waals surface area contributed by atoms with Crippen LogP contribution in [0.5, 0.6) is 11.5 Å². The third kappa shape index (κ3) is 2.35. The van der Waals surface area contributed by atoms with Crippen LogP contribution < -0.4 is 14.4 Å². The normalized spacial score (nSPS) is 14.9. The van der Waals surface area contributed by atoms with Crippen molar-refractivity contribution < 1.29 is 9.47 Å². The van der Waals surface area contributed by atoms with Crippen molar-refractivity contribution in [1.29, 1.82) is 0 Å². The Labute approximate surface area is 90.6 Å². The van der Waals surface area contributed by atoms with Gasteiger partial charge in [-0.25, -0.2) is 0 Å². The molecule has 0 atom stereocenters. The molecule has 0 bridgehead atoms. The van der Waals surface area contributed by atoms with Crippen LogP contribution in [-0.2, 0) is 0 Å². The molecule has 3 nitrogen and oxygen atoms in total. The van der Waals surface area contributed by atoms with Crippen molar-refractivity contribution in [3.8, 4) is 11.5 Å². The van der Waals surface area contributed by atoms with E-state index in [2.05, 4.69) is 4.90 Å². The van der Waals surface area contributed by atoms with Gasteiger partial charge in [-0.3, -0.25) is 0 Å². The minimum absolute atomic E-state index is 0.399. The highest BCUT2D eigenvalue weighted by Crippen LogP contribution is 2.35. The predicted molar refractivity (Wildman–Crippen MR) is 61.0 cm³/mol. The minimum Gasteiger partial charge on any atom is -0.493 e. The topological polar surface area (TPSA) is 21.7 Å². The molecular formula is C12H17NO2. The van der Waals surface area contributed by atoms with Crippen LogP contribution in [0.1, 0.15) is 12.8 Å². The number of nitrogens with zero attached hydrogens (tertiary/aromatic N) is 1. The molecule has 1 aromatic carbocycles. The van der Waals surface area contributed by atoms with E-state index in [1.165, 1.54) is 0 Å². The summed E-state index contributed by atoms with van der Waals surface area (Å²) in [6.07, 6.45) is 2.72. The first-order valence-electron chi connectivity index (χ1n) is 5.22. The van der Waals surface area contributed by atoms with Gasteiger partial charge in [0.25, 0.3) is 0 Å². The van der Waals surface area contributed by atoms with Crippen molar-refractivity contribution in [2.75, 3.05) is 26.1 Å². The second kappa shape index (κ2) is 4.01. The van der Waals surface area contributed by atoms with E-state index in [1.807, 2.05) is 32.3 Å². The Balaban J connectivity index is 2.24. The molecule has 2 rings (SSSR count). The van der Waals surface area contributed by atoms with E-state index in [-0.39, 0.29) is 0 Å². The maximum atomic E-state index is 5.79. The lowest BCUT2D eigenvalue weighted by atomic mass is 10.2. The maximum absolute atomic E-state index is 5.79. The number of rotatable bonds is 4. The number of anilines is 1. The fourth-order valence-corrected chi connectivity index (χ4v) is 1.40. The zero-order valence-corrected chi connectivity index (χ0v) is 9.49. The Kier molecular flexibility index (Phi) is 2.71. The summed E-state index contributed by atoms with van der Waals surface area (Å²) >= 11 is 0. The van der Waals surface area contributed by atoms with Crippen LogP contribution in [0.25, 0.3) is 0 Å². The van der Waals surface area contributed by atoms with Crippen molar-refractivity contribution >= 4 is 5.69 Å². The summed E-state index contributed by atoms with van der Waals surface area (Å²) in [5.74, 6) is 1.67. The second-order valence-electron chi connectivity index (χ2n) is 4.05. The van der Waals surface area contributed by atoms with Crippen LogP contribution in [0, 0.1) is 0 Å². The highest BCUT2D eigenvalue weighted by atomic mass is 16.5. The molecule has 0 N–H and O–H groups in total. The molecule has 0 aliphatic heterocycles. The van der Waals surface area contributed by atoms with Crippen molar-refractivity contribution in [1.82, 2.24) is 0 Å². The van der Waals surface area contributed by atoms with Gasteiger partial charge in [-0.15, -0.1) is 0 Å². The summed E-state index contributed by atoms with van der Waals surface area (Å²) in [5.41, 5.74) is 1.13. The Morgan fingerprint density at radius 1 is 1.20 bits per heavy atom. The summed E-state index contributed by atoms with van der Waals surface area (Å²) in [6, 6.07) is 6.00. The first kappa shape index (κ1) is 10.1. The van der Waals surface area contributed by atoms with Crippen LogP contribution >= 0.6 is 0 Å². The van der Waals surface area contributed by atoms with Crippen LogP contribution in [0.4, 0.5) is 5.69 Å². The van der Waals surface area contributed by atoms with E-state index < -0.39 is 0 Å². The van der Waals surface area contributed by atoms with Gasteiger partial charge >= 0.3 is 0 Å². The average molecular weight is 207 g/mol. The molecule has 0 aromatic heterocycles. The van der Waals surface area contributed by atoms with Crippen LogP contribution in [-0.4, -0.2) is 27.3 Å². The van der Waals surface area contributed by atoms with Crippen molar-refractivity contribution in [2.45, 2.75) is 18.9 Å². The van der Waals surface area contributed by atoms with Crippen molar-refractivity contribution in [3.05, 3.63) is 18.2 Å². The Morgan fingerprint density at radius 2 is 1.93 bits per heavy atom. The molecule has 0 spiro atoms. The Bertz CT molecular complexity index is 345. The van der Waals surface area contributed by atoms with E-state index in [9.17, 15) is 0 Å². The molecule has 82 valence electrons. The van der Waals surface area contributed by atoms with E-state index in [4.69, 9.17) is 9.47 Å². The molecule has 1 aromatic rings. The molecular weight excluding hydrogens is 190 g/mol. The largest absolute Gasteiger partial charge is 0.493 e. The minimum atomic E-state index is 0.399. The fraction of sp³-hybridized carbons (Fsp3) is 0.500. The molecule has 1 aliphatic carbocycles. The summed E-state index contributed by atoms with van der Waals surface area (Å²) in [7, 11) is 5.70. The number of ether oxygens (including phenoxy) is 2. The molecule has 0 amide bonds. The Morgan fingerprint density at radius 3 is 2.47 bits per heavy atom. The lowest BCUT2D eigenvalue weighted by Gasteiger charge is -2.16. The summed E-state index contributed by atoms with van der Waals surface area (Å²) in [5, 5.41) is 0. The third-order valence-electron chi connectivity index (χ3n) is 2.48. The van der Waals surface area contributed by atoms with E-state index in [0.29, 0.717) is 6.10 Å². The van der Waals surface area contributed by atoms with E-state index in [0.717, 1.165) is 30.0 Å². The molecule has 1 saturated carbocycles. The maximum Gasteiger partial charge on any atom is 0.163 e. The lowest BCUT2D eigenvalue weighted by molar-refractivity contribution is 0.282. The van der Waals surface area contributed by atoms with Gasteiger partial charge in [-0.1, -0.05) is 0 Å². The molecule has 15 heavy (non-hydrogen) atoms. The average Bonchev–Trinajstić information content (AvgIpc) is 3.01. The first-order valence-corrected chi connectivity index (χ1v) is 5.22. The van der Waals surface area contributed by atoms with Crippen LogP contribution in [0.3, 0.4) is 0 Å². The quantitative estimate of drug-likeness (QED) is 0.756. The van der Waals surface area contributed by atoms with Crippen molar-refractivity contribution in [3.63, 3.8) is 0 Å². The van der Waals surface area contributed by atoms with Crippen molar-refractivity contribution in [2.24, 2.45) is 0 Å². The van der Waals surface area contributed by atoms with Gasteiger partial charge in [0.1, 0.15) is 0 Å². The summed E-state index contributed by atoms with van der Waals surface area (Å²) in [6.45, 7) is 0. The molecule has 0 radical (unpaired) electrons. The van der Waals surface area contributed by atoms with Gasteiger partial charge in [0.2, 0.25) is 0 Å². The van der Waals surface area contributed by atoms with Crippen LogP contribution in [0.15, 0.2) is 18.2 Å². The third-order valence-corrected chi connectivity index (χ3v) is 2.48. The molecule has 0 saturated heterocycles. The number of hydrogen-bond acceptors (Lipinski definition) is 3. The first-order chi connectivity index (χ1) is 7.20. The highest BCUT2D eigenvalue weighted by molar-refractivity contribution is 5.55. The molecule has 1 aliphatic rings. The second-order valence-corrected chi connectivity index (χ2v) is 4.05. The molecule has 3 heteroatoms. The zero-order valence-electron chi connectivity index (χ0n) is 9.49. The fourth-order valence-electron chi connectivity index (χ4n) is 1.40. The number of hydrogen-bond donors (Lipinski definition) is 0. The molecule has 0 heterocycles. The SMILES string of the molecule is COc1ccc(N(C)C)cc1OC1CC1. The summed E-state index contributed by atoms with van der Waals surface area (Å²) < 4.78 is 11.1. The predicted octanol–water partition coefficient (Wildman–Crippen LogP) is 2.30. The standard InChI is InChI=1S/C12H17NO2/c1-13(2)9-4-7-11(14-3)12(8-9)15-10-5-6-10/h4,7-8,10H,5-6H2,1-3H3. The monoisotopic (exact) mass is 207 g/mol. The highest BCUT2D eigenvalue weighted by Gasteiger charge is 2.25. The molecule has 0 unspecified atom stereocenters. The van der Waals surface area contributed by atoms with E-state index in [1.54, 1.807) is 7.11 Å². The van der Waals surface area contributed by atoms with Gasteiger partial charge in [0.05, 0.1) is 13.2 Å². The zero-order chi connectivity index (χ0) is 10.8. The Hall–Kier alpha value is -1.38. The smallest absolute Gasteiger partial charge is 0.163 e. The van der Waals surface area contributed by atoms with Crippen LogP contribution in [0.2, 0.25) is 0 Å².